The van der Waals surface area contributed by atoms with Crippen LogP contribution in [-0.2, 0) is 16.7 Å². The van der Waals surface area contributed by atoms with Crippen molar-refractivity contribution in [1.82, 2.24) is 10.6 Å². The molecule has 0 unspecified atom stereocenters. The number of hydrogen-bond acceptors (Lipinski definition) is 3. The highest BCUT2D eigenvalue weighted by Gasteiger charge is 2.36. The molecule has 1 saturated heterocycles. The van der Waals surface area contributed by atoms with Gasteiger partial charge in [0, 0.05) is 36.7 Å². The summed E-state index contributed by atoms with van der Waals surface area (Å²) in [6, 6.07) is 11.9. The molecule has 5 nitrogen and oxygen atoms in total. The third kappa shape index (κ3) is 4.59. The first-order valence-corrected chi connectivity index (χ1v) is 9.49. The van der Waals surface area contributed by atoms with E-state index >= 15 is 0 Å². The van der Waals surface area contributed by atoms with E-state index < -0.39 is 0 Å². The van der Waals surface area contributed by atoms with E-state index in [9.17, 15) is 0 Å². The number of rotatable bonds is 6. The zero-order valence-electron chi connectivity index (χ0n) is 15.1. The average molecular weight is 376 g/mol. The zero-order valence-corrected chi connectivity index (χ0v) is 15.9. The SMILES string of the molecule is CCNC(=NCc1ccco1)NCC1(c2ccccc2Cl)CCOCC1. The molecule has 1 fully saturated rings. The third-order valence-corrected chi connectivity index (χ3v) is 5.14. The van der Waals surface area contributed by atoms with Crippen molar-refractivity contribution in [1.29, 1.82) is 0 Å². The van der Waals surface area contributed by atoms with Crippen LogP contribution in [-0.4, -0.2) is 32.3 Å². The molecule has 1 aromatic carbocycles. The summed E-state index contributed by atoms with van der Waals surface area (Å²) < 4.78 is 11.0. The van der Waals surface area contributed by atoms with E-state index in [1.807, 2.05) is 24.3 Å². The Hall–Kier alpha value is -1.98. The fourth-order valence-corrected chi connectivity index (χ4v) is 3.69. The predicted molar refractivity (Wildman–Crippen MR) is 105 cm³/mol. The molecule has 1 aliphatic rings. The maximum Gasteiger partial charge on any atom is 0.191 e. The Bertz CT molecular complexity index is 710. The van der Waals surface area contributed by atoms with Gasteiger partial charge in [0.25, 0.3) is 0 Å². The number of nitrogens with zero attached hydrogens (tertiary/aromatic N) is 1. The summed E-state index contributed by atoms with van der Waals surface area (Å²) in [6.45, 7) is 5.60. The van der Waals surface area contributed by atoms with Crippen molar-refractivity contribution < 1.29 is 9.15 Å². The van der Waals surface area contributed by atoms with Crippen molar-refractivity contribution in [2.45, 2.75) is 31.7 Å². The minimum absolute atomic E-state index is 0.0581. The predicted octanol–water partition coefficient (Wildman–Crippen LogP) is 3.74. The molecule has 2 aromatic rings. The molecule has 26 heavy (non-hydrogen) atoms. The van der Waals surface area contributed by atoms with Crippen LogP contribution in [0.3, 0.4) is 0 Å². The summed E-state index contributed by atoms with van der Waals surface area (Å²) in [7, 11) is 0. The van der Waals surface area contributed by atoms with Crippen LogP contribution in [0, 0.1) is 0 Å². The Morgan fingerprint density at radius 1 is 1.15 bits per heavy atom. The molecule has 1 aromatic heterocycles. The normalized spacial score (nSPS) is 17.1. The molecule has 0 radical (unpaired) electrons. The van der Waals surface area contributed by atoms with E-state index in [1.54, 1.807) is 6.26 Å². The number of benzene rings is 1. The summed E-state index contributed by atoms with van der Waals surface area (Å²) >= 11 is 6.53. The summed E-state index contributed by atoms with van der Waals surface area (Å²) in [6.07, 6.45) is 3.53. The van der Waals surface area contributed by atoms with Crippen molar-refractivity contribution in [2.75, 3.05) is 26.3 Å². The smallest absolute Gasteiger partial charge is 0.191 e. The maximum atomic E-state index is 6.53. The number of aliphatic imine (C=N–C) groups is 1. The lowest BCUT2D eigenvalue weighted by atomic mass is 9.74. The molecule has 6 heteroatoms. The Labute approximate surface area is 159 Å². The number of hydrogen-bond donors (Lipinski definition) is 2. The highest BCUT2D eigenvalue weighted by molar-refractivity contribution is 6.31. The van der Waals surface area contributed by atoms with Crippen LogP contribution in [0.4, 0.5) is 0 Å². The Balaban J connectivity index is 1.75. The van der Waals surface area contributed by atoms with Gasteiger partial charge in [-0.15, -0.1) is 0 Å². The summed E-state index contributed by atoms with van der Waals surface area (Å²) in [4.78, 5) is 4.62. The Morgan fingerprint density at radius 3 is 2.65 bits per heavy atom. The molecule has 1 aliphatic heterocycles. The molecule has 3 rings (SSSR count). The van der Waals surface area contributed by atoms with Gasteiger partial charge in [-0.3, -0.25) is 0 Å². The van der Waals surface area contributed by atoms with E-state index in [2.05, 4.69) is 34.7 Å². The molecule has 0 bridgehead atoms. The zero-order chi connectivity index (χ0) is 18.2. The lowest BCUT2D eigenvalue weighted by Gasteiger charge is -2.38. The minimum atomic E-state index is -0.0581. The maximum absolute atomic E-state index is 6.53. The molecule has 2 heterocycles. The molecule has 140 valence electrons. The molecular formula is C20H26ClN3O2. The first-order chi connectivity index (χ1) is 12.7. The van der Waals surface area contributed by atoms with Gasteiger partial charge in [-0.05, 0) is 43.5 Å². The number of guanidine groups is 1. The summed E-state index contributed by atoms with van der Waals surface area (Å²) in [5, 5.41) is 7.62. The van der Waals surface area contributed by atoms with Gasteiger partial charge in [-0.1, -0.05) is 29.8 Å². The Morgan fingerprint density at radius 2 is 1.96 bits per heavy atom. The van der Waals surface area contributed by atoms with E-state index in [0.717, 1.165) is 55.9 Å². The van der Waals surface area contributed by atoms with Crippen LogP contribution < -0.4 is 10.6 Å². The molecule has 0 spiro atoms. The van der Waals surface area contributed by atoms with Gasteiger partial charge in [0.2, 0.25) is 0 Å². The average Bonchev–Trinajstić information content (AvgIpc) is 3.19. The lowest BCUT2D eigenvalue weighted by Crippen LogP contribution is -2.48. The summed E-state index contributed by atoms with van der Waals surface area (Å²) in [5.41, 5.74) is 1.12. The van der Waals surface area contributed by atoms with Gasteiger partial charge in [-0.25, -0.2) is 4.99 Å². The highest BCUT2D eigenvalue weighted by Crippen LogP contribution is 2.38. The minimum Gasteiger partial charge on any atom is -0.467 e. The number of halogens is 1. The first kappa shape index (κ1) is 18.8. The van der Waals surface area contributed by atoms with E-state index in [0.29, 0.717) is 6.54 Å². The van der Waals surface area contributed by atoms with Crippen LogP contribution in [0.25, 0.3) is 0 Å². The largest absolute Gasteiger partial charge is 0.467 e. The Kier molecular flexibility index (Phi) is 6.58. The molecule has 0 amide bonds. The highest BCUT2D eigenvalue weighted by atomic mass is 35.5. The number of nitrogens with one attached hydrogen (secondary N) is 2. The van der Waals surface area contributed by atoms with Crippen LogP contribution in [0.2, 0.25) is 5.02 Å². The fourth-order valence-electron chi connectivity index (χ4n) is 3.35. The van der Waals surface area contributed by atoms with Crippen LogP contribution in [0.1, 0.15) is 31.1 Å². The molecule has 0 saturated carbocycles. The van der Waals surface area contributed by atoms with E-state index in [4.69, 9.17) is 20.8 Å². The van der Waals surface area contributed by atoms with Gasteiger partial charge >= 0.3 is 0 Å². The topological polar surface area (TPSA) is 58.8 Å². The molecule has 0 atom stereocenters. The second-order valence-electron chi connectivity index (χ2n) is 6.50. The van der Waals surface area contributed by atoms with Crippen LogP contribution in [0.15, 0.2) is 52.1 Å². The van der Waals surface area contributed by atoms with Gasteiger partial charge in [0.15, 0.2) is 5.96 Å². The molecule has 0 aliphatic carbocycles. The quantitative estimate of drug-likeness (QED) is 0.596. The first-order valence-electron chi connectivity index (χ1n) is 9.11. The van der Waals surface area contributed by atoms with Gasteiger partial charge in [0.1, 0.15) is 12.3 Å². The third-order valence-electron chi connectivity index (χ3n) is 4.81. The van der Waals surface area contributed by atoms with Crippen molar-refractivity contribution in [3.8, 4) is 0 Å². The lowest BCUT2D eigenvalue weighted by molar-refractivity contribution is 0.0514. The van der Waals surface area contributed by atoms with Gasteiger partial charge in [-0.2, -0.15) is 0 Å². The van der Waals surface area contributed by atoms with Crippen molar-refractivity contribution >= 4 is 17.6 Å². The number of furan rings is 1. The second kappa shape index (κ2) is 9.10. The van der Waals surface area contributed by atoms with Crippen LogP contribution >= 0.6 is 11.6 Å². The number of ether oxygens (including phenoxy) is 1. The van der Waals surface area contributed by atoms with Crippen molar-refractivity contribution in [2.24, 2.45) is 4.99 Å². The molecular weight excluding hydrogens is 350 g/mol. The standard InChI is InChI=1S/C20H26ClN3O2/c1-2-22-19(23-14-16-6-5-11-26-16)24-15-20(9-12-25-13-10-20)17-7-3-4-8-18(17)21/h3-8,11H,2,9-10,12-15H2,1H3,(H2,22,23,24). The van der Waals surface area contributed by atoms with Crippen LogP contribution in [0.5, 0.6) is 0 Å². The molecule has 2 N–H and O–H groups in total. The van der Waals surface area contributed by atoms with Crippen molar-refractivity contribution in [3.05, 3.63) is 59.0 Å². The van der Waals surface area contributed by atoms with E-state index in [-0.39, 0.29) is 5.41 Å². The monoisotopic (exact) mass is 375 g/mol. The van der Waals surface area contributed by atoms with Gasteiger partial charge in [0.05, 0.1) is 6.26 Å². The fraction of sp³-hybridized carbons (Fsp3) is 0.450. The van der Waals surface area contributed by atoms with Crippen molar-refractivity contribution in [3.63, 3.8) is 0 Å². The summed E-state index contributed by atoms with van der Waals surface area (Å²) in [5.74, 6) is 1.62. The van der Waals surface area contributed by atoms with Gasteiger partial charge < -0.3 is 19.8 Å². The van der Waals surface area contributed by atoms with E-state index in [1.165, 1.54) is 5.56 Å². The second-order valence-corrected chi connectivity index (χ2v) is 6.91.